The van der Waals surface area contributed by atoms with Crippen molar-refractivity contribution in [1.82, 2.24) is 9.88 Å². The maximum absolute atomic E-state index is 12.8. The summed E-state index contributed by atoms with van der Waals surface area (Å²) in [6.07, 6.45) is 7.60. The molecule has 2 N–H and O–H groups in total. The molecule has 5 heteroatoms. The molecule has 2 aliphatic rings. The Balaban J connectivity index is 1.89. The van der Waals surface area contributed by atoms with Gasteiger partial charge in [-0.15, -0.1) is 0 Å². The van der Waals surface area contributed by atoms with E-state index in [4.69, 9.17) is 0 Å². The molecule has 1 saturated heterocycles. The highest BCUT2D eigenvalue weighted by Gasteiger charge is 2.29. The lowest BCUT2D eigenvalue weighted by molar-refractivity contribution is 0.0572. The highest BCUT2D eigenvalue weighted by Crippen LogP contribution is 2.23. The molecule has 1 aliphatic heterocycles. The van der Waals surface area contributed by atoms with Crippen molar-refractivity contribution in [2.75, 3.05) is 13.2 Å². The molecule has 0 aromatic carbocycles. The summed E-state index contributed by atoms with van der Waals surface area (Å²) in [5.41, 5.74) is 2.12. The molecular formula is C17H24N2O3. The van der Waals surface area contributed by atoms with E-state index < -0.39 is 0 Å². The number of nitrogens with one attached hydrogen (secondary N) is 1. The fraction of sp³-hybridized carbons (Fsp3) is 0.647. The monoisotopic (exact) mass is 304 g/mol. The van der Waals surface area contributed by atoms with Crippen molar-refractivity contribution in [2.45, 2.75) is 57.4 Å². The summed E-state index contributed by atoms with van der Waals surface area (Å²) in [5.74, 6) is -0.173. The molecule has 22 heavy (non-hydrogen) atoms. The zero-order valence-electron chi connectivity index (χ0n) is 12.9. The van der Waals surface area contributed by atoms with Crippen LogP contribution in [0.2, 0.25) is 0 Å². The zero-order valence-corrected chi connectivity index (χ0v) is 12.9. The molecule has 1 amide bonds. The molecule has 1 atom stereocenters. The van der Waals surface area contributed by atoms with Crippen LogP contribution in [0.15, 0.2) is 10.9 Å². The first-order chi connectivity index (χ1) is 10.7. The summed E-state index contributed by atoms with van der Waals surface area (Å²) in [6.45, 7) is 0.759. The number of fused-ring (bicyclic) bond motifs is 1. The predicted molar refractivity (Wildman–Crippen MR) is 84.1 cm³/mol. The van der Waals surface area contributed by atoms with Gasteiger partial charge in [-0.3, -0.25) is 9.59 Å². The summed E-state index contributed by atoms with van der Waals surface area (Å²) in [6, 6.07) is 1.86. The number of amides is 1. The smallest absolute Gasteiger partial charge is 0.261 e. The van der Waals surface area contributed by atoms with Crippen molar-refractivity contribution in [1.29, 1.82) is 0 Å². The first-order valence-corrected chi connectivity index (χ1v) is 8.37. The van der Waals surface area contributed by atoms with Crippen molar-refractivity contribution >= 4 is 5.91 Å². The molecule has 0 spiro atoms. The van der Waals surface area contributed by atoms with Gasteiger partial charge in [-0.1, -0.05) is 0 Å². The normalized spacial score (nSPS) is 21.5. The number of hydrogen-bond acceptors (Lipinski definition) is 3. The molecule has 0 bridgehead atoms. The van der Waals surface area contributed by atoms with E-state index in [1.807, 2.05) is 0 Å². The molecule has 1 aliphatic carbocycles. The molecule has 1 fully saturated rings. The van der Waals surface area contributed by atoms with Crippen LogP contribution in [-0.2, 0) is 12.8 Å². The third kappa shape index (κ3) is 2.95. The lowest BCUT2D eigenvalue weighted by atomic mass is 9.94. The van der Waals surface area contributed by atoms with E-state index in [-0.39, 0.29) is 29.7 Å². The molecular weight excluding hydrogens is 280 g/mol. The summed E-state index contributed by atoms with van der Waals surface area (Å²) in [4.78, 5) is 29.8. The maximum atomic E-state index is 12.8. The van der Waals surface area contributed by atoms with Crippen LogP contribution in [-0.4, -0.2) is 40.1 Å². The Morgan fingerprint density at radius 3 is 2.91 bits per heavy atom. The molecule has 1 unspecified atom stereocenters. The molecule has 5 nitrogen and oxygen atoms in total. The Morgan fingerprint density at radius 2 is 2.09 bits per heavy atom. The number of hydrogen-bond donors (Lipinski definition) is 2. The molecule has 1 aromatic heterocycles. The predicted octanol–water partition coefficient (Wildman–Crippen LogP) is 1.63. The lowest BCUT2D eigenvalue weighted by Gasteiger charge is -2.35. The molecule has 1 aromatic rings. The fourth-order valence-corrected chi connectivity index (χ4v) is 3.71. The Kier molecular flexibility index (Phi) is 4.62. The third-order valence-electron chi connectivity index (χ3n) is 4.92. The SMILES string of the molecule is O=C(c1cc2c([nH]c1=O)CCCC2)N1CCCCC1CCO. The van der Waals surface area contributed by atoms with Crippen molar-refractivity contribution in [2.24, 2.45) is 0 Å². The van der Waals surface area contributed by atoms with Crippen LogP contribution in [0.3, 0.4) is 0 Å². The van der Waals surface area contributed by atoms with Crippen LogP contribution in [0.25, 0.3) is 0 Å². The fourth-order valence-electron chi connectivity index (χ4n) is 3.71. The van der Waals surface area contributed by atoms with Gasteiger partial charge in [0.05, 0.1) is 0 Å². The molecule has 0 radical (unpaired) electrons. The van der Waals surface area contributed by atoms with Crippen LogP contribution in [0.4, 0.5) is 0 Å². The van der Waals surface area contributed by atoms with Gasteiger partial charge in [-0.05, 0) is 63.0 Å². The van der Waals surface area contributed by atoms with Crippen LogP contribution in [0, 0.1) is 0 Å². The Labute approximate surface area is 130 Å². The summed E-state index contributed by atoms with van der Waals surface area (Å²) < 4.78 is 0. The highest BCUT2D eigenvalue weighted by atomic mass is 16.3. The van der Waals surface area contributed by atoms with Crippen molar-refractivity contribution in [3.05, 3.63) is 33.2 Å². The van der Waals surface area contributed by atoms with E-state index in [1.54, 1.807) is 11.0 Å². The van der Waals surface area contributed by atoms with Gasteiger partial charge < -0.3 is 15.0 Å². The number of carbonyl (C=O) groups is 1. The average molecular weight is 304 g/mol. The average Bonchev–Trinajstić information content (AvgIpc) is 2.54. The number of aryl methyl sites for hydroxylation is 2. The largest absolute Gasteiger partial charge is 0.396 e. The van der Waals surface area contributed by atoms with Gasteiger partial charge in [0.1, 0.15) is 5.56 Å². The van der Waals surface area contributed by atoms with Crippen LogP contribution >= 0.6 is 0 Å². The quantitative estimate of drug-likeness (QED) is 0.891. The lowest BCUT2D eigenvalue weighted by Crippen LogP contribution is -2.45. The van der Waals surface area contributed by atoms with Crippen LogP contribution < -0.4 is 5.56 Å². The van der Waals surface area contributed by atoms with Gasteiger partial charge in [0.25, 0.3) is 11.5 Å². The second-order valence-corrected chi connectivity index (χ2v) is 6.38. The summed E-state index contributed by atoms with van der Waals surface area (Å²) in [7, 11) is 0. The first kappa shape index (κ1) is 15.3. The Morgan fingerprint density at radius 1 is 1.27 bits per heavy atom. The van der Waals surface area contributed by atoms with E-state index in [2.05, 4.69) is 4.98 Å². The number of aliphatic hydroxyl groups excluding tert-OH is 1. The van der Waals surface area contributed by atoms with E-state index in [0.29, 0.717) is 13.0 Å². The zero-order chi connectivity index (χ0) is 15.5. The van der Waals surface area contributed by atoms with Crippen molar-refractivity contribution < 1.29 is 9.90 Å². The number of likely N-dealkylation sites (tertiary alicyclic amines) is 1. The van der Waals surface area contributed by atoms with Gasteiger partial charge >= 0.3 is 0 Å². The van der Waals surface area contributed by atoms with E-state index >= 15 is 0 Å². The molecule has 3 rings (SSSR count). The number of nitrogens with zero attached hydrogens (tertiary/aromatic N) is 1. The molecule has 120 valence electrons. The number of rotatable bonds is 3. The van der Waals surface area contributed by atoms with Gasteiger partial charge in [-0.25, -0.2) is 0 Å². The van der Waals surface area contributed by atoms with E-state index in [9.17, 15) is 14.7 Å². The van der Waals surface area contributed by atoms with Crippen LogP contribution in [0.1, 0.15) is 60.1 Å². The molecule has 2 heterocycles. The molecule has 0 saturated carbocycles. The number of aliphatic hydroxyl groups is 1. The summed E-state index contributed by atoms with van der Waals surface area (Å²) >= 11 is 0. The Hall–Kier alpha value is -1.62. The number of carbonyl (C=O) groups excluding carboxylic acids is 1. The highest BCUT2D eigenvalue weighted by molar-refractivity contribution is 5.94. The van der Waals surface area contributed by atoms with Gasteiger partial charge in [0, 0.05) is 24.9 Å². The minimum atomic E-state index is -0.265. The second kappa shape index (κ2) is 6.65. The van der Waals surface area contributed by atoms with Gasteiger partial charge in [0.2, 0.25) is 0 Å². The first-order valence-electron chi connectivity index (χ1n) is 8.37. The standard InChI is InChI=1S/C17H24N2O3/c20-10-8-13-6-3-4-9-19(13)17(22)14-11-12-5-1-2-7-15(12)18-16(14)21/h11,13,20H,1-10H2,(H,18,21). The minimum Gasteiger partial charge on any atom is -0.396 e. The van der Waals surface area contributed by atoms with Crippen LogP contribution in [0.5, 0.6) is 0 Å². The third-order valence-corrected chi connectivity index (χ3v) is 4.92. The van der Waals surface area contributed by atoms with E-state index in [0.717, 1.165) is 56.2 Å². The Bertz CT molecular complexity index is 606. The number of pyridine rings is 1. The van der Waals surface area contributed by atoms with Crippen molar-refractivity contribution in [3.63, 3.8) is 0 Å². The number of aromatic nitrogens is 1. The number of aromatic amines is 1. The second-order valence-electron chi connectivity index (χ2n) is 6.38. The summed E-state index contributed by atoms with van der Waals surface area (Å²) in [5, 5.41) is 9.20. The van der Waals surface area contributed by atoms with Crippen molar-refractivity contribution in [3.8, 4) is 0 Å². The van der Waals surface area contributed by atoms with Gasteiger partial charge in [0.15, 0.2) is 0 Å². The van der Waals surface area contributed by atoms with E-state index in [1.165, 1.54) is 0 Å². The minimum absolute atomic E-state index is 0.0571. The van der Waals surface area contributed by atoms with Gasteiger partial charge in [-0.2, -0.15) is 0 Å². The number of H-pyrrole nitrogens is 1. The maximum Gasteiger partial charge on any atom is 0.261 e. The number of piperidine rings is 1. The topological polar surface area (TPSA) is 73.4 Å².